The highest BCUT2D eigenvalue weighted by Gasteiger charge is 2.16. The van der Waals surface area contributed by atoms with Crippen LogP contribution in [0.2, 0.25) is 0 Å². The van der Waals surface area contributed by atoms with Crippen molar-refractivity contribution in [1.82, 2.24) is 4.90 Å². The van der Waals surface area contributed by atoms with E-state index in [1.165, 1.54) is 5.69 Å². The summed E-state index contributed by atoms with van der Waals surface area (Å²) in [5.41, 5.74) is 2.05. The number of aliphatic hydroxyl groups excluding tert-OH is 1. The summed E-state index contributed by atoms with van der Waals surface area (Å²) in [5.74, 6) is 0. The fourth-order valence-electron chi connectivity index (χ4n) is 2.16. The standard InChI is InChI=1S/C13H17N3OS.CH4/c17-10-9-15-5-7-16(8-6-15)13-3-1-12(2-4-13)14-11-18;/h1-4,17H,5-10H2;1H4. The van der Waals surface area contributed by atoms with Crippen molar-refractivity contribution in [2.45, 2.75) is 7.43 Å². The summed E-state index contributed by atoms with van der Waals surface area (Å²) in [6.07, 6.45) is 0. The number of anilines is 1. The van der Waals surface area contributed by atoms with E-state index in [-0.39, 0.29) is 14.0 Å². The first-order valence-electron chi connectivity index (χ1n) is 6.09. The van der Waals surface area contributed by atoms with Crippen LogP contribution < -0.4 is 4.90 Å². The molecule has 1 aromatic carbocycles. The van der Waals surface area contributed by atoms with Crippen LogP contribution in [0, 0.1) is 0 Å². The van der Waals surface area contributed by atoms with Crippen LogP contribution in [-0.2, 0) is 0 Å². The zero-order valence-corrected chi connectivity index (χ0v) is 11.1. The second-order valence-electron chi connectivity index (χ2n) is 4.27. The fourth-order valence-corrected chi connectivity index (χ4v) is 2.27. The van der Waals surface area contributed by atoms with Crippen LogP contribution in [0.4, 0.5) is 11.4 Å². The molecule has 0 saturated carbocycles. The van der Waals surface area contributed by atoms with Crippen molar-refractivity contribution in [3.8, 4) is 0 Å². The van der Waals surface area contributed by atoms with Gasteiger partial charge in [0, 0.05) is 38.4 Å². The van der Waals surface area contributed by atoms with E-state index in [1.54, 1.807) is 0 Å². The lowest BCUT2D eigenvalue weighted by Gasteiger charge is -2.35. The second kappa shape index (κ2) is 8.02. The average molecular weight is 279 g/mol. The molecule has 1 aliphatic rings. The third kappa shape index (κ3) is 4.40. The first kappa shape index (κ1) is 15.8. The van der Waals surface area contributed by atoms with Crippen molar-refractivity contribution in [3.63, 3.8) is 0 Å². The molecule has 0 radical (unpaired) electrons. The number of piperazine rings is 1. The van der Waals surface area contributed by atoms with Crippen LogP contribution in [0.25, 0.3) is 0 Å². The summed E-state index contributed by atoms with van der Waals surface area (Å²) in [5, 5.41) is 11.3. The van der Waals surface area contributed by atoms with E-state index in [0.29, 0.717) is 0 Å². The topological polar surface area (TPSA) is 39.1 Å². The predicted molar refractivity (Wildman–Crippen MR) is 83.6 cm³/mol. The number of thiocarbonyl (C=S) groups is 1. The first-order chi connectivity index (χ1) is 8.83. The van der Waals surface area contributed by atoms with Crippen molar-refractivity contribution >= 4 is 28.8 Å². The quantitative estimate of drug-likeness (QED) is 0.677. The molecule has 0 aliphatic carbocycles. The molecule has 0 bridgehead atoms. The maximum absolute atomic E-state index is 8.90. The van der Waals surface area contributed by atoms with Crippen LogP contribution in [0.15, 0.2) is 29.3 Å². The van der Waals surface area contributed by atoms with E-state index < -0.39 is 0 Å². The van der Waals surface area contributed by atoms with Gasteiger partial charge in [0.15, 0.2) is 0 Å². The Hall–Kier alpha value is -1.26. The maximum Gasteiger partial charge on any atom is 0.0741 e. The number of nitrogens with zero attached hydrogens (tertiary/aromatic N) is 3. The molecule has 2 rings (SSSR count). The summed E-state index contributed by atoms with van der Waals surface area (Å²) < 4.78 is 0. The van der Waals surface area contributed by atoms with Crippen LogP contribution >= 0.6 is 12.2 Å². The van der Waals surface area contributed by atoms with Crippen LogP contribution in [0.3, 0.4) is 0 Å². The van der Waals surface area contributed by atoms with Crippen molar-refractivity contribution < 1.29 is 5.11 Å². The molecule has 0 amide bonds. The largest absolute Gasteiger partial charge is 0.395 e. The molecule has 1 fully saturated rings. The first-order valence-corrected chi connectivity index (χ1v) is 6.50. The molecule has 1 saturated heterocycles. The minimum absolute atomic E-state index is 0. The molecule has 4 nitrogen and oxygen atoms in total. The van der Waals surface area contributed by atoms with Gasteiger partial charge in [0.1, 0.15) is 0 Å². The van der Waals surface area contributed by atoms with Gasteiger partial charge in [0.05, 0.1) is 17.5 Å². The summed E-state index contributed by atoms with van der Waals surface area (Å²) in [4.78, 5) is 8.56. The van der Waals surface area contributed by atoms with Gasteiger partial charge in [0.25, 0.3) is 0 Å². The smallest absolute Gasteiger partial charge is 0.0741 e. The number of hydrogen-bond donors (Lipinski definition) is 1. The Labute approximate surface area is 120 Å². The number of isothiocyanates is 1. The van der Waals surface area contributed by atoms with Crippen LogP contribution in [0.5, 0.6) is 0 Å². The van der Waals surface area contributed by atoms with Crippen molar-refractivity contribution in [1.29, 1.82) is 0 Å². The van der Waals surface area contributed by atoms with Gasteiger partial charge < -0.3 is 10.0 Å². The Bertz CT molecular complexity index is 421. The molecule has 0 aromatic heterocycles. The molecule has 104 valence electrons. The highest BCUT2D eigenvalue weighted by molar-refractivity contribution is 7.78. The third-order valence-corrected chi connectivity index (χ3v) is 3.27. The number of β-amino-alcohol motifs (C(OH)–C–C–N with tert-alkyl or cyclic N) is 1. The number of hydrogen-bond acceptors (Lipinski definition) is 5. The molecule has 0 unspecified atom stereocenters. The van der Waals surface area contributed by atoms with Gasteiger partial charge in [-0.25, -0.2) is 0 Å². The van der Waals surface area contributed by atoms with Gasteiger partial charge in [-0.2, -0.15) is 4.99 Å². The molecule has 1 N–H and O–H groups in total. The summed E-state index contributed by atoms with van der Waals surface area (Å²) in [7, 11) is 0. The van der Waals surface area contributed by atoms with E-state index in [9.17, 15) is 0 Å². The van der Waals surface area contributed by atoms with Gasteiger partial charge >= 0.3 is 0 Å². The molecule has 1 heterocycles. The molecular formula is C14H21N3OS. The van der Waals surface area contributed by atoms with Crippen molar-refractivity contribution in [2.24, 2.45) is 4.99 Å². The van der Waals surface area contributed by atoms with E-state index >= 15 is 0 Å². The minimum Gasteiger partial charge on any atom is -0.395 e. The fraction of sp³-hybridized carbons (Fsp3) is 0.500. The van der Waals surface area contributed by atoms with E-state index in [0.717, 1.165) is 38.4 Å². The van der Waals surface area contributed by atoms with E-state index in [1.807, 2.05) is 12.1 Å². The zero-order valence-electron chi connectivity index (χ0n) is 10.2. The number of aliphatic hydroxyl groups is 1. The Kier molecular flexibility index (Phi) is 6.67. The highest BCUT2D eigenvalue weighted by atomic mass is 32.1. The zero-order chi connectivity index (χ0) is 12.8. The number of benzene rings is 1. The molecule has 0 atom stereocenters. The van der Waals surface area contributed by atoms with Crippen molar-refractivity contribution in [3.05, 3.63) is 24.3 Å². The van der Waals surface area contributed by atoms with E-state index in [2.05, 4.69) is 44.3 Å². The minimum atomic E-state index is 0. The predicted octanol–water partition coefficient (Wildman–Crippen LogP) is 2.17. The average Bonchev–Trinajstić information content (AvgIpc) is 2.41. The number of aliphatic imine (C=N–C) groups is 1. The molecule has 1 aliphatic heterocycles. The molecule has 0 spiro atoms. The Morgan fingerprint density at radius 3 is 2.32 bits per heavy atom. The lowest BCUT2D eigenvalue weighted by atomic mass is 10.2. The molecule has 1 aromatic rings. The van der Waals surface area contributed by atoms with Gasteiger partial charge in [-0.3, -0.25) is 4.90 Å². The van der Waals surface area contributed by atoms with Gasteiger partial charge in [-0.05, 0) is 36.5 Å². The van der Waals surface area contributed by atoms with Crippen LogP contribution in [0.1, 0.15) is 7.43 Å². The van der Waals surface area contributed by atoms with Gasteiger partial charge in [0.2, 0.25) is 0 Å². The highest BCUT2D eigenvalue weighted by Crippen LogP contribution is 2.20. The van der Waals surface area contributed by atoms with Crippen LogP contribution in [-0.4, -0.2) is 54.5 Å². The molecular weight excluding hydrogens is 258 g/mol. The summed E-state index contributed by atoms with van der Waals surface area (Å²) in [6.45, 7) is 5.01. The molecule has 5 heteroatoms. The second-order valence-corrected chi connectivity index (χ2v) is 4.45. The summed E-state index contributed by atoms with van der Waals surface area (Å²) in [6, 6.07) is 8.03. The molecule has 19 heavy (non-hydrogen) atoms. The van der Waals surface area contributed by atoms with Gasteiger partial charge in [-0.15, -0.1) is 0 Å². The lowest BCUT2D eigenvalue weighted by molar-refractivity contribution is 0.189. The normalized spacial score (nSPS) is 15.5. The van der Waals surface area contributed by atoms with Gasteiger partial charge in [-0.1, -0.05) is 7.43 Å². The third-order valence-electron chi connectivity index (χ3n) is 3.18. The van der Waals surface area contributed by atoms with Crippen molar-refractivity contribution in [2.75, 3.05) is 44.2 Å². The SMILES string of the molecule is C.OCCN1CCN(c2ccc(N=C=S)cc2)CC1. The van der Waals surface area contributed by atoms with E-state index in [4.69, 9.17) is 5.11 Å². The summed E-state index contributed by atoms with van der Waals surface area (Å²) >= 11 is 4.58. The lowest BCUT2D eigenvalue weighted by Crippen LogP contribution is -2.47. The Morgan fingerprint density at radius 2 is 1.79 bits per heavy atom. The Balaban J connectivity index is 0.00000180. The monoisotopic (exact) mass is 279 g/mol. The number of rotatable bonds is 4. The Morgan fingerprint density at radius 1 is 1.16 bits per heavy atom. The maximum atomic E-state index is 8.90.